The second kappa shape index (κ2) is 4.66. The van der Waals surface area contributed by atoms with Gasteiger partial charge in [0.2, 0.25) is 0 Å². The SMILES string of the molecule is Cc1cc(C=O)c(O)c([C@@H]2CCCCN2)c1. The summed E-state index contributed by atoms with van der Waals surface area (Å²) in [4.78, 5) is 10.8. The average molecular weight is 219 g/mol. The van der Waals surface area contributed by atoms with Crippen LogP contribution in [0.2, 0.25) is 0 Å². The van der Waals surface area contributed by atoms with Crippen molar-refractivity contribution in [3.05, 3.63) is 28.8 Å². The third-order valence-electron chi connectivity index (χ3n) is 3.13. The van der Waals surface area contributed by atoms with Gasteiger partial charge in [0, 0.05) is 11.6 Å². The van der Waals surface area contributed by atoms with Crippen molar-refractivity contribution in [2.75, 3.05) is 6.54 Å². The summed E-state index contributed by atoms with van der Waals surface area (Å²) in [6.45, 7) is 2.92. The van der Waals surface area contributed by atoms with Gasteiger partial charge >= 0.3 is 0 Å². The van der Waals surface area contributed by atoms with Gasteiger partial charge in [0.05, 0.1) is 5.56 Å². The van der Waals surface area contributed by atoms with E-state index in [1.54, 1.807) is 6.07 Å². The first kappa shape index (κ1) is 11.1. The number of hydrogen-bond donors (Lipinski definition) is 2. The molecule has 1 aromatic carbocycles. The second-order valence-corrected chi connectivity index (χ2v) is 4.41. The van der Waals surface area contributed by atoms with Crippen molar-refractivity contribution in [3.63, 3.8) is 0 Å². The zero-order valence-electron chi connectivity index (χ0n) is 9.49. The maximum atomic E-state index is 10.8. The molecular weight excluding hydrogens is 202 g/mol. The number of benzene rings is 1. The van der Waals surface area contributed by atoms with Crippen molar-refractivity contribution < 1.29 is 9.90 Å². The van der Waals surface area contributed by atoms with Crippen LogP contribution in [0.3, 0.4) is 0 Å². The number of piperidine rings is 1. The molecule has 1 saturated heterocycles. The number of carbonyl (C=O) groups excluding carboxylic acids is 1. The van der Waals surface area contributed by atoms with Crippen LogP contribution in [0.15, 0.2) is 12.1 Å². The lowest BCUT2D eigenvalue weighted by Gasteiger charge is -2.25. The van der Waals surface area contributed by atoms with E-state index >= 15 is 0 Å². The Morgan fingerprint density at radius 2 is 2.25 bits per heavy atom. The minimum Gasteiger partial charge on any atom is -0.507 e. The number of phenolic OH excluding ortho intramolecular Hbond substituents is 1. The van der Waals surface area contributed by atoms with E-state index in [0.717, 1.165) is 24.1 Å². The van der Waals surface area contributed by atoms with E-state index in [1.807, 2.05) is 13.0 Å². The standard InChI is InChI=1S/C13H17NO2/c1-9-6-10(8-15)13(16)11(7-9)12-4-2-3-5-14-12/h6-8,12,14,16H,2-5H2,1H3/t12-/m0/s1. The first-order chi connectivity index (χ1) is 7.72. The Morgan fingerprint density at radius 1 is 1.44 bits per heavy atom. The highest BCUT2D eigenvalue weighted by molar-refractivity contribution is 5.80. The molecule has 16 heavy (non-hydrogen) atoms. The van der Waals surface area contributed by atoms with Crippen LogP contribution in [-0.2, 0) is 0 Å². The largest absolute Gasteiger partial charge is 0.507 e. The highest BCUT2D eigenvalue weighted by Gasteiger charge is 2.19. The van der Waals surface area contributed by atoms with Gasteiger partial charge in [0.1, 0.15) is 5.75 Å². The van der Waals surface area contributed by atoms with Gasteiger partial charge in [-0.25, -0.2) is 0 Å². The number of phenols is 1. The molecule has 0 unspecified atom stereocenters. The Balaban J connectivity index is 2.38. The third-order valence-corrected chi connectivity index (χ3v) is 3.13. The number of hydrogen-bond acceptors (Lipinski definition) is 3. The van der Waals surface area contributed by atoms with Crippen LogP contribution in [0.4, 0.5) is 0 Å². The zero-order chi connectivity index (χ0) is 11.5. The summed E-state index contributed by atoms with van der Waals surface area (Å²) in [6, 6.07) is 3.87. The summed E-state index contributed by atoms with van der Waals surface area (Å²) >= 11 is 0. The van der Waals surface area contributed by atoms with E-state index in [4.69, 9.17) is 0 Å². The molecule has 1 aromatic rings. The summed E-state index contributed by atoms with van der Waals surface area (Å²) < 4.78 is 0. The molecule has 1 aliphatic heterocycles. The summed E-state index contributed by atoms with van der Waals surface area (Å²) in [5.74, 6) is 0.139. The molecule has 86 valence electrons. The molecule has 2 rings (SSSR count). The van der Waals surface area contributed by atoms with Crippen LogP contribution in [0.5, 0.6) is 5.75 Å². The van der Waals surface area contributed by atoms with Crippen molar-refractivity contribution in [1.29, 1.82) is 0 Å². The smallest absolute Gasteiger partial charge is 0.153 e. The summed E-state index contributed by atoms with van der Waals surface area (Å²) in [5, 5.41) is 13.4. The Bertz CT molecular complexity index is 395. The molecule has 0 aliphatic carbocycles. The van der Waals surface area contributed by atoms with Gasteiger partial charge in [-0.2, -0.15) is 0 Å². The van der Waals surface area contributed by atoms with Gasteiger partial charge in [-0.3, -0.25) is 4.79 Å². The molecule has 0 aromatic heterocycles. The van der Waals surface area contributed by atoms with E-state index in [0.29, 0.717) is 11.8 Å². The van der Waals surface area contributed by atoms with E-state index < -0.39 is 0 Å². The molecule has 3 heteroatoms. The molecule has 1 atom stereocenters. The van der Waals surface area contributed by atoms with Crippen LogP contribution in [-0.4, -0.2) is 17.9 Å². The molecule has 0 radical (unpaired) electrons. The Hall–Kier alpha value is -1.35. The summed E-state index contributed by atoms with van der Waals surface area (Å²) in [7, 11) is 0. The van der Waals surface area contributed by atoms with E-state index in [2.05, 4.69) is 5.32 Å². The number of aryl methyl sites for hydroxylation is 1. The predicted octanol–water partition coefficient (Wildman–Crippen LogP) is 2.33. The van der Waals surface area contributed by atoms with Gasteiger partial charge in [-0.05, 0) is 37.9 Å². The van der Waals surface area contributed by atoms with E-state index in [1.165, 1.54) is 12.8 Å². The number of rotatable bonds is 2. The van der Waals surface area contributed by atoms with E-state index in [9.17, 15) is 9.90 Å². The van der Waals surface area contributed by atoms with Gasteiger partial charge in [0.15, 0.2) is 6.29 Å². The molecule has 0 spiro atoms. The summed E-state index contributed by atoms with van der Waals surface area (Å²) in [6.07, 6.45) is 4.09. The monoisotopic (exact) mass is 219 g/mol. The molecule has 1 heterocycles. The highest BCUT2D eigenvalue weighted by atomic mass is 16.3. The maximum Gasteiger partial charge on any atom is 0.153 e. The van der Waals surface area contributed by atoms with Crippen LogP contribution in [0.25, 0.3) is 0 Å². The first-order valence-corrected chi connectivity index (χ1v) is 5.74. The van der Waals surface area contributed by atoms with Gasteiger partial charge < -0.3 is 10.4 Å². The topological polar surface area (TPSA) is 49.3 Å². The van der Waals surface area contributed by atoms with Crippen molar-refractivity contribution in [2.45, 2.75) is 32.2 Å². The second-order valence-electron chi connectivity index (χ2n) is 4.41. The molecule has 0 amide bonds. The number of carbonyl (C=O) groups is 1. The zero-order valence-corrected chi connectivity index (χ0v) is 9.49. The molecular formula is C13H17NO2. The molecule has 0 saturated carbocycles. The molecule has 0 bridgehead atoms. The number of aldehydes is 1. The lowest BCUT2D eigenvalue weighted by molar-refractivity contribution is 0.112. The van der Waals surface area contributed by atoms with Crippen LogP contribution >= 0.6 is 0 Å². The van der Waals surface area contributed by atoms with Gasteiger partial charge in [0.25, 0.3) is 0 Å². The van der Waals surface area contributed by atoms with Crippen molar-refractivity contribution >= 4 is 6.29 Å². The maximum absolute atomic E-state index is 10.8. The van der Waals surface area contributed by atoms with Crippen LogP contribution in [0.1, 0.15) is 46.8 Å². The number of nitrogens with one attached hydrogen (secondary N) is 1. The number of aromatic hydroxyl groups is 1. The molecule has 2 N–H and O–H groups in total. The minimum absolute atomic E-state index is 0.139. The first-order valence-electron chi connectivity index (χ1n) is 5.74. The quantitative estimate of drug-likeness (QED) is 0.750. The molecule has 3 nitrogen and oxygen atoms in total. The average Bonchev–Trinajstić information content (AvgIpc) is 2.33. The highest BCUT2D eigenvalue weighted by Crippen LogP contribution is 2.32. The Labute approximate surface area is 95.5 Å². The molecule has 1 aliphatic rings. The molecule has 1 fully saturated rings. The summed E-state index contributed by atoms with van der Waals surface area (Å²) in [5.41, 5.74) is 2.27. The van der Waals surface area contributed by atoms with Crippen LogP contribution < -0.4 is 5.32 Å². The lowest BCUT2D eigenvalue weighted by atomic mass is 9.94. The fourth-order valence-corrected chi connectivity index (χ4v) is 2.31. The van der Waals surface area contributed by atoms with Crippen LogP contribution in [0, 0.1) is 6.92 Å². The van der Waals surface area contributed by atoms with Crippen molar-refractivity contribution in [2.24, 2.45) is 0 Å². The Kier molecular flexibility index (Phi) is 3.25. The van der Waals surface area contributed by atoms with Gasteiger partial charge in [-0.15, -0.1) is 0 Å². The fourth-order valence-electron chi connectivity index (χ4n) is 2.31. The van der Waals surface area contributed by atoms with Crippen molar-refractivity contribution in [1.82, 2.24) is 5.32 Å². The van der Waals surface area contributed by atoms with Gasteiger partial charge in [-0.1, -0.05) is 12.5 Å². The predicted molar refractivity (Wildman–Crippen MR) is 62.8 cm³/mol. The lowest BCUT2D eigenvalue weighted by Crippen LogP contribution is -2.27. The fraction of sp³-hybridized carbons (Fsp3) is 0.462. The van der Waals surface area contributed by atoms with Crippen molar-refractivity contribution in [3.8, 4) is 5.75 Å². The Morgan fingerprint density at radius 3 is 2.88 bits per heavy atom. The van der Waals surface area contributed by atoms with E-state index in [-0.39, 0.29) is 11.8 Å². The third kappa shape index (κ3) is 2.09. The minimum atomic E-state index is 0.139. The normalized spacial score (nSPS) is 20.7.